The zero-order valence-electron chi connectivity index (χ0n) is 39.0. The Labute approximate surface area is 415 Å². The summed E-state index contributed by atoms with van der Waals surface area (Å²) in [4.78, 5) is 48.2. The van der Waals surface area contributed by atoms with Gasteiger partial charge in [0.1, 0.15) is 21.7 Å². The predicted octanol–water partition coefficient (Wildman–Crippen LogP) is 10.3. The van der Waals surface area contributed by atoms with Crippen molar-refractivity contribution in [3.05, 3.63) is 172 Å². The summed E-state index contributed by atoms with van der Waals surface area (Å²) < 4.78 is 5.40. The van der Waals surface area contributed by atoms with Crippen molar-refractivity contribution in [3.63, 3.8) is 0 Å². The standard InChI is InChI=1S/C21H26N2O2.C17H18ClN3O.C16H17ClN4O/c1-2-25-20-13-8-17(9-14-20)21(24)23-19-11-6-16(7-12-19)5-10-18-4-3-15-22-18;18-16-8-5-14(11-20-16)17(22)21-15-6-3-12(4-7-15)13-2-1-9-19-10-13;17-15-10-19-14(9-20-15)16(22)21-13-5-3-11(4-6-13)12-2-1-7-18-8-12/h6-9,11-14,18,22H,2-5,10,15H2,1H3,(H,23,24);3-8,11,13,19H,1-2,9-10H2,(H,21,22);3-6,9-10,12,18H,1-2,7-8H2,(H,21,22)/t;13-;/m.1./s1. The molecular formula is C54H61Cl2N9O4. The molecule has 3 fully saturated rings. The number of amides is 3. The van der Waals surface area contributed by atoms with Crippen molar-refractivity contribution < 1.29 is 19.1 Å². The SMILES string of the molecule is CCOc1ccc(C(=O)Nc2ccc(CCC3CCCN3)cc2)cc1.O=C(Nc1ccc(C2CCCNC2)cc1)c1cnc(Cl)cn1.O=C(Nc1ccc([C@@H]2CCCNC2)cc1)c1ccc(Cl)nc1. The second-order valence-corrected chi connectivity index (χ2v) is 18.0. The monoisotopic (exact) mass is 969 g/mol. The van der Waals surface area contributed by atoms with E-state index in [-0.39, 0.29) is 28.6 Å². The Morgan fingerprint density at radius 2 is 1.12 bits per heavy atom. The molecule has 5 heterocycles. The summed E-state index contributed by atoms with van der Waals surface area (Å²) in [6, 6.07) is 35.3. The highest BCUT2D eigenvalue weighted by Crippen LogP contribution is 2.26. The maximum absolute atomic E-state index is 12.3. The number of rotatable bonds is 13. The lowest BCUT2D eigenvalue weighted by molar-refractivity contribution is 0.101. The lowest BCUT2D eigenvalue weighted by Crippen LogP contribution is -2.28. The highest BCUT2D eigenvalue weighted by molar-refractivity contribution is 6.29. The van der Waals surface area contributed by atoms with Crippen LogP contribution in [0.25, 0.3) is 0 Å². The van der Waals surface area contributed by atoms with E-state index in [0.717, 1.165) is 62.0 Å². The minimum absolute atomic E-state index is 0.106. The third kappa shape index (κ3) is 16.2. The summed E-state index contributed by atoms with van der Waals surface area (Å²) in [6.45, 7) is 7.98. The van der Waals surface area contributed by atoms with Crippen LogP contribution in [0.5, 0.6) is 5.75 Å². The molecule has 6 N–H and O–H groups in total. The molecule has 3 aliphatic rings. The zero-order chi connectivity index (χ0) is 48.2. The number of carbonyl (C=O) groups is 3. The van der Waals surface area contributed by atoms with Gasteiger partial charge in [-0.25, -0.2) is 15.0 Å². The molecule has 360 valence electrons. The number of nitrogens with zero attached hydrogens (tertiary/aromatic N) is 3. The van der Waals surface area contributed by atoms with Gasteiger partial charge in [-0.2, -0.15) is 0 Å². The van der Waals surface area contributed by atoms with Crippen LogP contribution < -0.4 is 36.6 Å². The van der Waals surface area contributed by atoms with Gasteiger partial charge in [0, 0.05) is 48.0 Å². The van der Waals surface area contributed by atoms with Gasteiger partial charge >= 0.3 is 0 Å². The molecule has 69 heavy (non-hydrogen) atoms. The van der Waals surface area contributed by atoms with E-state index in [1.807, 2.05) is 55.5 Å². The van der Waals surface area contributed by atoms with Crippen LogP contribution in [0, 0.1) is 0 Å². The van der Waals surface area contributed by atoms with Crippen molar-refractivity contribution in [2.45, 2.75) is 76.2 Å². The Kier molecular flexibility index (Phi) is 19.5. The summed E-state index contributed by atoms with van der Waals surface area (Å²) in [5, 5.41) is 19.6. The summed E-state index contributed by atoms with van der Waals surface area (Å²) >= 11 is 11.4. The van der Waals surface area contributed by atoms with Gasteiger partial charge in [-0.05, 0) is 179 Å². The van der Waals surface area contributed by atoms with Crippen LogP contribution in [0.4, 0.5) is 17.1 Å². The number of benzene rings is 4. The minimum Gasteiger partial charge on any atom is -0.494 e. The molecule has 3 amide bonds. The number of piperidine rings is 2. The van der Waals surface area contributed by atoms with E-state index in [4.69, 9.17) is 27.9 Å². The van der Waals surface area contributed by atoms with Crippen LogP contribution in [0.15, 0.2) is 128 Å². The van der Waals surface area contributed by atoms with Gasteiger partial charge in [0.25, 0.3) is 17.7 Å². The Hall–Kier alpha value is -6.22. The molecule has 3 atom stereocenters. The Morgan fingerprint density at radius 3 is 1.61 bits per heavy atom. The summed E-state index contributed by atoms with van der Waals surface area (Å²) in [7, 11) is 0. The van der Waals surface area contributed by atoms with Crippen LogP contribution in [0.2, 0.25) is 10.3 Å². The molecule has 0 bridgehead atoms. The van der Waals surface area contributed by atoms with Gasteiger partial charge < -0.3 is 36.6 Å². The molecular weight excluding hydrogens is 910 g/mol. The number of hydrogen-bond donors (Lipinski definition) is 6. The Balaban J connectivity index is 0.000000153. The molecule has 0 aliphatic carbocycles. The molecule has 13 nitrogen and oxygen atoms in total. The number of pyridine rings is 1. The third-order valence-corrected chi connectivity index (χ3v) is 12.7. The van der Waals surface area contributed by atoms with E-state index in [0.29, 0.717) is 40.8 Å². The van der Waals surface area contributed by atoms with Crippen molar-refractivity contribution >= 4 is 58.0 Å². The largest absolute Gasteiger partial charge is 0.494 e. The first kappa shape index (κ1) is 50.7. The first-order valence-electron chi connectivity index (χ1n) is 23.9. The van der Waals surface area contributed by atoms with E-state index in [9.17, 15) is 14.4 Å². The van der Waals surface area contributed by atoms with Crippen LogP contribution >= 0.6 is 23.2 Å². The lowest BCUT2D eigenvalue weighted by Gasteiger charge is -2.23. The lowest BCUT2D eigenvalue weighted by atomic mass is 9.92. The second kappa shape index (κ2) is 26.5. The average Bonchev–Trinajstić information content (AvgIpc) is 3.92. The molecule has 4 aromatic carbocycles. The first-order chi connectivity index (χ1) is 33.7. The van der Waals surface area contributed by atoms with Crippen molar-refractivity contribution in [3.8, 4) is 5.75 Å². The minimum atomic E-state index is -0.295. The molecule has 15 heteroatoms. The number of carbonyl (C=O) groups excluding carboxylic acids is 3. The van der Waals surface area contributed by atoms with E-state index in [1.165, 1.54) is 80.2 Å². The topological polar surface area (TPSA) is 171 Å². The van der Waals surface area contributed by atoms with Crippen LogP contribution in [-0.4, -0.2) is 78.0 Å². The average molecular weight is 971 g/mol. The van der Waals surface area contributed by atoms with E-state index < -0.39 is 0 Å². The number of aromatic nitrogens is 3. The molecule has 3 saturated heterocycles. The molecule has 9 rings (SSSR count). The van der Waals surface area contributed by atoms with E-state index in [2.05, 4.69) is 83.3 Å². The third-order valence-electron chi connectivity index (χ3n) is 12.3. The van der Waals surface area contributed by atoms with Gasteiger partial charge in [0.05, 0.1) is 24.6 Å². The first-order valence-corrected chi connectivity index (χ1v) is 24.6. The van der Waals surface area contributed by atoms with E-state index in [1.54, 1.807) is 24.3 Å². The fraction of sp³-hybridized carbons (Fsp3) is 0.333. The Bertz CT molecular complexity index is 2400. The smallest absolute Gasteiger partial charge is 0.275 e. The number of aryl methyl sites for hydroxylation is 1. The van der Waals surface area contributed by atoms with Gasteiger partial charge in [0.2, 0.25) is 0 Å². The number of ether oxygens (including phenoxy) is 1. The van der Waals surface area contributed by atoms with Crippen molar-refractivity contribution in [2.24, 2.45) is 0 Å². The fourth-order valence-electron chi connectivity index (χ4n) is 8.46. The van der Waals surface area contributed by atoms with Crippen molar-refractivity contribution in [1.82, 2.24) is 30.9 Å². The molecule has 0 spiro atoms. The predicted molar refractivity (Wildman–Crippen MR) is 276 cm³/mol. The summed E-state index contributed by atoms with van der Waals surface area (Å²) in [5.41, 5.74) is 7.64. The van der Waals surface area contributed by atoms with Crippen LogP contribution in [0.3, 0.4) is 0 Å². The van der Waals surface area contributed by atoms with E-state index >= 15 is 0 Å². The van der Waals surface area contributed by atoms with Gasteiger partial charge in [-0.1, -0.05) is 59.6 Å². The molecule has 2 unspecified atom stereocenters. The van der Waals surface area contributed by atoms with Crippen molar-refractivity contribution in [1.29, 1.82) is 0 Å². The summed E-state index contributed by atoms with van der Waals surface area (Å²) in [6.07, 6.45) is 13.9. The number of hydrogen-bond acceptors (Lipinski definition) is 10. The quantitative estimate of drug-likeness (QED) is 0.0612. The molecule has 6 aromatic rings. The Morgan fingerprint density at radius 1 is 0.580 bits per heavy atom. The normalized spacial score (nSPS) is 17.5. The van der Waals surface area contributed by atoms with Crippen LogP contribution in [0.1, 0.15) is 112 Å². The summed E-state index contributed by atoms with van der Waals surface area (Å²) in [5.74, 6) is 1.32. The fourth-order valence-corrected chi connectivity index (χ4v) is 8.67. The zero-order valence-corrected chi connectivity index (χ0v) is 40.5. The highest BCUT2D eigenvalue weighted by atomic mass is 35.5. The molecule has 0 radical (unpaired) electrons. The van der Waals surface area contributed by atoms with Crippen molar-refractivity contribution in [2.75, 3.05) is 55.3 Å². The number of nitrogens with one attached hydrogen (secondary N) is 6. The second-order valence-electron chi connectivity index (χ2n) is 17.3. The molecule has 2 aromatic heterocycles. The van der Waals surface area contributed by atoms with Gasteiger partial charge in [0.15, 0.2) is 0 Å². The number of halogens is 2. The molecule has 0 saturated carbocycles. The number of anilines is 3. The maximum atomic E-state index is 12.3. The van der Waals surface area contributed by atoms with Crippen LogP contribution in [-0.2, 0) is 6.42 Å². The molecule has 3 aliphatic heterocycles. The van der Waals surface area contributed by atoms with Gasteiger partial charge in [-0.3, -0.25) is 14.4 Å². The maximum Gasteiger partial charge on any atom is 0.275 e. The highest BCUT2D eigenvalue weighted by Gasteiger charge is 2.18. The van der Waals surface area contributed by atoms with Gasteiger partial charge in [-0.15, -0.1) is 0 Å².